The van der Waals surface area contributed by atoms with E-state index < -0.39 is 0 Å². The summed E-state index contributed by atoms with van der Waals surface area (Å²) >= 11 is 8.57. The molecule has 2 rings (SSSR count). The van der Waals surface area contributed by atoms with Crippen LogP contribution in [-0.4, -0.2) is 19.3 Å². The molecule has 8 heteroatoms. The van der Waals surface area contributed by atoms with Gasteiger partial charge >= 0.3 is 0 Å². The van der Waals surface area contributed by atoms with Gasteiger partial charge in [0.15, 0.2) is 4.34 Å². The molecule has 0 aromatic carbocycles. The van der Waals surface area contributed by atoms with Crippen molar-refractivity contribution in [3.05, 3.63) is 17.2 Å². The van der Waals surface area contributed by atoms with Gasteiger partial charge in [-0.1, -0.05) is 11.6 Å². The van der Waals surface area contributed by atoms with Crippen molar-refractivity contribution in [1.82, 2.24) is 19.3 Å². The van der Waals surface area contributed by atoms with E-state index in [9.17, 15) is 0 Å². The van der Waals surface area contributed by atoms with Crippen LogP contribution in [0, 0.1) is 6.92 Å². The topological polar surface area (TPSA) is 77.6 Å². The summed E-state index contributed by atoms with van der Waals surface area (Å²) < 4.78 is 4.84. The summed E-state index contributed by atoms with van der Waals surface area (Å²) in [6, 6.07) is 0. The van der Waals surface area contributed by atoms with Gasteiger partial charge < -0.3 is 5.73 Å². The van der Waals surface area contributed by atoms with Crippen LogP contribution >= 0.6 is 34.9 Å². The SMILES string of the molecule is Cc1nsc(Sc2ncnc(N)c2Cl)n1. The summed E-state index contributed by atoms with van der Waals surface area (Å²) in [5.41, 5.74) is 5.55. The number of aryl methyl sites for hydroxylation is 1. The first-order chi connectivity index (χ1) is 7.16. The lowest BCUT2D eigenvalue weighted by molar-refractivity contribution is 1.05. The van der Waals surface area contributed by atoms with E-state index in [0.717, 1.165) is 10.2 Å². The molecular weight excluding hydrogens is 254 g/mol. The highest BCUT2D eigenvalue weighted by molar-refractivity contribution is 8.01. The molecule has 0 radical (unpaired) electrons. The molecule has 0 amide bonds. The number of nitrogens with two attached hydrogens (primary N) is 1. The Balaban J connectivity index is 2.28. The maximum absolute atomic E-state index is 5.94. The number of nitrogen functional groups attached to an aromatic ring is 1. The van der Waals surface area contributed by atoms with Crippen LogP contribution in [0.3, 0.4) is 0 Å². The molecule has 0 unspecified atom stereocenters. The van der Waals surface area contributed by atoms with E-state index in [1.54, 1.807) is 0 Å². The average molecular weight is 260 g/mol. The van der Waals surface area contributed by atoms with Gasteiger partial charge in [-0.3, -0.25) is 0 Å². The number of hydrogen-bond acceptors (Lipinski definition) is 7. The molecule has 78 valence electrons. The Morgan fingerprint density at radius 3 is 2.93 bits per heavy atom. The number of hydrogen-bond donors (Lipinski definition) is 1. The van der Waals surface area contributed by atoms with Gasteiger partial charge in [-0.25, -0.2) is 15.0 Å². The van der Waals surface area contributed by atoms with Crippen LogP contribution in [0.15, 0.2) is 15.7 Å². The van der Waals surface area contributed by atoms with Gasteiger partial charge in [0.05, 0.1) is 0 Å². The Morgan fingerprint density at radius 2 is 2.27 bits per heavy atom. The Labute approximate surface area is 99.3 Å². The molecule has 0 saturated heterocycles. The average Bonchev–Trinajstić information content (AvgIpc) is 2.59. The number of halogens is 1. The fraction of sp³-hybridized carbons (Fsp3) is 0.143. The zero-order valence-corrected chi connectivity index (χ0v) is 10.0. The first kappa shape index (κ1) is 10.6. The largest absolute Gasteiger partial charge is 0.382 e. The third-order valence-electron chi connectivity index (χ3n) is 1.48. The van der Waals surface area contributed by atoms with Crippen molar-refractivity contribution < 1.29 is 0 Å². The summed E-state index contributed by atoms with van der Waals surface area (Å²) in [6.45, 7) is 1.83. The Hall–Kier alpha value is -0.920. The van der Waals surface area contributed by atoms with Gasteiger partial charge in [-0.15, -0.1) is 0 Å². The van der Waals surface area contributed by atoms with E-state index in [0.29, 0.717) is 10.0 Å². The van der Waals surface area contributed by atoms with E-state index in [1.807, 2.05) is 6.92 Å². The smallest absolute Gasteiger partial charge is 0.176 e. The fourth-order valence-electron chi connectivity index (χ4n) is 0.840. The van der Waals surface area contributed by atoms with E-state index >= 15 is 0 Å². The monoisotopic (exact) mass is 259 g/mol. The molecule has 2 heterocycles. The quantitative estimate of drug-likeness (QED) is 0.832. The summed E-state index contributed by atoms with van der Waals surface area (Å²) in [4.78, 5) is 12.0. The van der Waals surface area contributed by atoms with E-state index in [2.05, 4.69) is 19.3 Å². The molecule has 0 fully saturated rings. The van der Waals surface area contributed by atoms with E-state index in [1.165, 1.54) is 29.6 Å². The van der Waals surface area contributed by atoms with Crippen LogP contribution in [0.5, 0.6) is 0 Å². The summed E-state index contributed by atoms with van der Waals surface area (Å²) in [5.74, 6) is 1.01. The van der Waals surface area contributed by atoms with Gasteiger partial charge in [-0.2, -0.15) is 4.37 Å². The highest BCUT2D eigenvalue weighted by Gasteiger charge is 2.10. The lowest BCUT2D eigenvalue weighted by Crippen LogP contribution is -1.94. The number of rotatable bonds is 2. The maximum Gasteiger partial charge on any atom is 0.176 e. The molecular formula is C7H6ClN5S2. The van der Waals surface area contributed by atoms with Crippen molar-refractivity contribution in [3.63, 3.8) is 0 Å². The number of aromatic nitrogens is 4. The second kappa shape index (κ2) is 4.30. The lowest BCUT2D eigenvalue weighted by atomic mass is 10.6. The standard InChI is InChI=1S/C7H6ClN5S2/c1-3-12-7(15-13-3)14-6-4(8)5(9)10-2-11-6/h2H,1H3,(H2,9,10,11). The van der Waals surface area contributed by atoms with Crippen molar-refractivity contribution >= 4 is 40.7 Å². The first-order valence-electron chi connectivity index (χ1n) is 3.91. The van der Waals surface area contributed by atoms with Crippen LogP contribution in [0.1, 0.15) is 5.82 Å². The van der Waals surface area contributed by atoms with Crippen molar-refractivity contribution in [2.75, 3.05) is 5.73 Å². The molecule has 0 atom stereocenters. The summed E-state index contributed by atoms with van der Waals surface area (Å²) in [7, 11) is 0. The van der Waals surface area contributed by atoms with E-state index in [-0.39, 0.29) is 5.82 Å². The van der Waals surface area contributed by atoms with Gasteiger partial charge in [0.2, 0.25) is 0 Å². The fourth-order valence-corrected chi connectivity index (χ4v) is 2.61. The Kier molecular flexibility index (Phi) is 3.03. The summed E-state index contributed by atoms with van der Waals surface area (Å²) in [6.07, 6.45) is 1.37. The van der Waals surface area contributed by atoms with Crippen LogP contribution in [0.4, 0.5) is 5.82 Å². The van der Waals surface area contributed by atoms with Gasteiger partial charge in [-0.05, 0) is 30.2 Å². The molecule has 2 N–H and O–H groups in total. The number of nitrogens with zero attached hydrogens (tertiary/aromatic N) is 4. The van der Waals surface area contributed by atoms with Crippen molar-refractivity contribution in [3.8, 4) is 0 Å². The van der Waals surface area contributed by atoms with Crippen molar-refractivity contribution in [2.45, 2.75) is 16.3 Å². The van der Waals surface area contributed by atoms with E-state index in [4.69, 9.17) is 17.3 Å². The minimum Gasteiger partial charge on any atom is -0.382 e. The lowest BCUT2D eigenvalue weighted by Gasteiger charge is -2.00. The summed E-state index contributed by atoms with van der Waals surface area (Å²) in [5, 5.41) is 0.954. The molecule has 15 heavy (non-hydrogen) atoms. The minimum atomic E-state index is 0.274. The third-order valence-corrected chi connectivity index (χ3v) is 3.81. The van der Waals surface area contributed by atoms with Gasteiger partial charge in [0.1, 0.15) is 28.0 Å². The van der Waals surface area contributed by atoms with Gasteiger partial charge in [0, 0.05) is 0 Å². The molecule has 0 aliphatic rings. The maximum atomic E-state index is 5.94. The first-order valence-corrected chi connectivity index (χ1v) is 5.87. The number of anilines is 1. The molecule has 0 saturated carbocycles. The third kappa shape index (κ3) is 2.36. The van der Waals surface area contributed by atoms with Crippen LogP contribution in [0.25, 0.3) is 0 Å². The Morgan fingerprint density at radius 1 is 1.47 bits per heavy atom. The normalized spacial score (nSPS) is 10.5. The zero-order valence-electron chi connectivity index (χ0n) is 7.64. The van der Waals surface area contributed by atoms with Crippen LogP contribution < -0.4 is 5.73 Å². The highest BCUT2D eigenvalue weighted by Crippen LogP contribution is 2.33. The minimum absolute atomic E-state index is 0.274. The second-order valence-corrected chi connectivity index (χ2v) is 4.95. The van der Waals surface area contributed by atoms with Crippen molar-refractivity contribution in [1.29, 1.82) is 0 Å². The molecule has 0 aliphatic heterocycles. The van der Waals surface area contributed by atoms with Crippen LogP contribution in [0.2, 0.25) is 5.02 Å². The van der Waals surface area contributed by atoms with Crippen molar-refractivity contribution in [2.24, 2.45) is 0 Å². The highest BCUT2D eigenvalue weighted by atomic mass is 35.5. The predicted molar refractivity (Wildman–Crippen MR) is 60.2 cm³/mol. The molecule has 0 spiro atoms. The second-order valence-electron chi connectivity index (χ2n) is 2.59. The van der Waals surface area contributed by atoms with Gasteiger partial charge in [0.25, 0.3) is 0 Å². The molecule has 2 aromatic heterocycles. The molecule has 5 nitrogen and oxygen atoms in total. The van der Waals surface area contributed by atoms with Crippen LogP contribution in [-0.2, 0) is 0 Å². The predicted octanol–water partition coefficient (Wildman–Crippen LogP) is 2.02. The Bertz CT molecular complexity index is 486. The molecule has 0 bridgehead atoms. The zero-order chi connectivity index (χ0) is 10.8. The molecule has 0 aliphatic carbocycles. The molecule has 2 aromatic rings.